The van der Waals surface area contributed by atoms with Gasteiger partial charge in [0, 0.05) is 17.1 Å². The van der Waals surface area contributed by atoms with Crippen LogP contribution in [0.25, 0.3) is 10.2 Å². The van der Waals surface area contributed by atoms with Gasteiger partial charge in [-0.15, -0.1) is 11.3 Å². The summed E-state index contributed by atoms with van der Waals surface area (Å²) >= 11 is 1.27. The van der Waals surface area contributed by atoms with E-state index in [2.05, 4.69) is 4.98 Å². The van der Waals surface area contributed by atoms with Crippen molar-refractivity contribution in [2.24, 2.45) is 0 Å². The van der Waals surface area contributed by atoms with E-state index >= 15 is 0 Å². The van der Waals surface area contributed by atoms with Gasteiger partial charge in [-0.1, -0.05) is 0 Å². The molecule has 0 aliphatic rings. The summed E-state index contributed by atoms with van der Waals surface area (Å²) in [6, 6.07) is 7.31. The van der Waals surface area contributed by atoms with E-state index in [4.69, 9.17) is 5.73 Å². The topological polar surface area (TPSA) is 56.0 Å². The zero-order valence-electron chi connectivity index (χ0n) is 10.7. The number of nitrogens with two attached hydrogens (primary N) is 1. The molecule has 2 heterocycles. The number of carbonyl (C=O) groups is 1. The molecule has 0 saturated heterocycles. The van der Waals surface area contributed by atoms with Crippen molar-refractivity contribution < 1.29 is 9.18 Å². The van der Waals surface area contributed by atoms with Crippen LogP contribution in [-0.2, 0) is 0 Å². The number of benzene rings is 1. The highest BCUT2D eigenvalue weighted by molar-refractivity contribution is 7.21. The predicted molar refractivity (Wildman–Crippen MR) is 78.6 cm³/mol. The van der Waals surface area contributed by atoms with E-state index in [1.165, 1.54) is 35.6 Å². The first-order valence-electron chi connectivity index (χ1n) is 6.02. The molecule has 0 unspecified atom stereocenters. The van der Waals surface area contributed by atoms with Crippen LogP contribution in [0.1, 0.15) is 20.8 Å². The zero-order valence-corrected chi connectivity index (χ0v) is 11.5. The standard InChI is InChI=1S/C15H11FN2OS/c1-8-6-7-18-15-11(8)12(17)14(20-15)13(19)9-2-4-10(16)5-3-9/h2-7H,17H2,1H3. The van der Waals surface area contributed by atoms with Crippen LogP contribution in [0.2, 0.25) is 0 Å². The van der Waals surface area contributed by atoms with E-state index in [9.17, 15) is 9.18 Å². The maximum Gasteiger partial charge on any atom is 0.205 e. The number of nitrogens with zero attached hydrogens (tertiary/aromatic N) is 1. The first kappa shape index (κ1) is 12.7. The van der Waals surface area contributed by atoms with Crippen molar-refractivity contribution in [1.82, 2.24) is 4.98 Å². The van der Waals surface area contributed by atoms with Crippen molar-refractivity contribution in [3.05, 3.63) is 58.3 Å². The van der Waals surface area contributed by atoms with Crippen LogP contribution in [0.4, 0.5) is 10.1 Å². The Bertz CT molecular complexity index is 809. The van der Waals surface area contributed by atoms with Crippen LogP contribution in [0.3, 0.4) is 0 Å². The summed E-state index contributed by atoms with van der Waals surface area (Å²) in [4.78, 5) is 17.9. The van der Waals surface area contributed by atoms with Gasteiger partial charge in [0.25, 0.3) is 0 Å². The summed E-state index contributed by atoms with van der Waals surface area (Å²) in [7, 11) is 0. The molecule has 5 heteroatoms. The molecule has 3 nitrogen and oxygen atoms in total. The van der Waals surface area contributed by atoms with Gasteiger partial charge in [-0.05, 0) is 42.8 Å². The number of rotatable bonds is 2. The number of carbonyl (C=O) groups excluding carboxylic acids is 1. The molecule has 1 aromatic carbocycles. The third kappa shape index (κ3) is 1.96. The lowest BCUT2D eigenvalue weighted by molar-refractivity contribution is 0.104. The third-order valence-electron chi connectivity index (χ3n) is 3.15. The zero-order chi connectivity index (χ0) is 14.3. The number of thiophene rings is 1. The quantitative estimate of drug-likeness (QED) is 0.733. The van der Waals surface area contributed by atoms with Crippen LogP contribution in [0, 0.1) is 12.7 Å². The summed E-state index contributed by atoms with van der Waals surface area (Å²) in [6.07, 6.45) is 1.69. The van der Waals surface area contributed by atoms with E-state index in [-0.39, 0.29) is 11.6 Å². The highest BCUT2D eigenvalue weighted by atomic mass is 32.1. The number of pyridine rings is 1. The second kappa shape index (κ2) is 4.68. The molecule has 0 fully saturated rings. The number of hydrogen-bond acceptors (Lipinski definition) is 4. The molecule has 2 aromatic heterocycles. The van der Waals surface area contributed by atoms with Crippen molar-refractivity contribution in [2.75, 3.05) is 5.73 Å². The van der Waals surface area contributed by atoms with Gasteiger partial charge in [-0.2, -0.15) is 0 Å². The fraction of sp³-hybridized carbons (Fsp3) is 0.0667. The van der Waals surface area contributed by atoms with Crippen molar-refractivity contribution in [2.45, 2.75) is 6.92 Å². The largest absolute Gasteiger partial charge is 0.397 e. The first-order valence-corrected chi connectivity index (χ1v) is 6.83. The molecular weight excluding hydrogens is 275 g/mol. The van der Waals surface area contributed by atoms with E-state index in [1.807, 2.05) is 13.0 Å². The summed E-state index contributed by atoms with van der Waals surface area (Å²) in [5, 5.41) is 0.822. The van der Waals surface area contributed by atoms with Gasteiger partial charge >= 0.3 is 0 Å². The highest BCUT2D eigenvalue weighted by Crippen LogP contribution is 2.35. The molecule has 2 N–H and O–H groups in total. The van der Waals surface area contributed by atoms with Crippen molar-refractivity contribution in [3.63, 3.8) is 0 Å². The smallest absolute Gasteiger partial charge is 0.205 e. The number of aromatic nitrogens is 1. The molecule has 20 heavy (non-hydrogen) atoms. The molecule has 0 saturated carbocycles. The first-order chi connectivity index (χ1) is 9.58. The monoisotopic (exact) mass is 286 g/mol. The lowest BCUT2D eigenvalue weighted by atomic mass is 10.1. The average molecular weight is 286 g/mol. The molecule has 100 valence electrons. The minimum absolute atomic E-state index is 0.204. The molecule has 0 aliphatic carbocycles. The Morgan fingerprint density at radius 3 is 2.60 bits per heavy atom. The van der Waals surface area contributed by atoms with Crippen LogP contribution in [0.15, 0.2) is 36.5 Å². The van der Waals surface area contributed by atoms with E-state index in [0.717, 1.165) is 15.8 Å². The Hall–Kier alpha value is -2.27. The average Bonchev–Trinajstić information content (AvgIpc) is 2.77. The Morgan fingerprint density at radius 2 is 1.95 bits per heavy atom. The molecule has 0 amide bonds. The van der Waals surface area contributed by atoms with Crippen molar-refractivity contribution in [1.29, 1.82) is 0 Å². The molecule has 3 aromatic rings. The summed E-state index contributed by atoms with van der Waals surface area (Å²) in [5.41, 5.74) is 7.94. The normalized spacial score (nSPS) is 10.9. The summed E-state index contributed by atoms with van der Waals surface area (Å²) in [6.45, 7) is 1.93. The number of anilines is 1. The number of fused-ring (bicyclic) bond motifs is 1. The highest BCUT2D eigenvalue weighted by Gasteiger charge is 2.19. The van der Waals surface area contributed by atoms with E-state index in [0.29, 0.717) is 16.1 Å². The van der Waals surface area contributed by atoms with E-state index in [1.54, 1.807) is 6.20 Å². The third-order valence-corrected chi connectivity index (χ3v) is 4.26. The molecule has 0 atom stereocenters. The minimum atomic E-state index is -0.372. The maximum absolute atomic E-state index is 12.9. The Morgan fingerprint density at radius 1 is 1.25 bits per heavy atom. The molecular formula is C15H11FN2OS. The van der Waals surface area contributed by atoms with Crippen molar-refractivity contribution >= 4 is 33.0 Å². The molecule has 0 aliphatic heterocycles. The Labute approximate surface area is 118 Å². The van der Waals surface area contributed by atoms with Gasteiger partial charge in [0.1, 0.15) is 15.5 Å². The van der Waals surface area contributed by atoms with Crippen molar-refractivity contribution in [3.8, 4) is 0 Å². The number of halogens is 1. The number of ketones is 1. The fourth-order valence-corrected chi connectivity index (χ4v) is 3.21. The van der Waals surface area contributed by atoms with Crippen LogP contribution < -0.4 is 5.73 Å². The molecule has 0 radical (unpaired) electrons. The van der Waals surface area contributed by atoms with Gasteiger partial charge in [0.05, 0.1) is 5.69 Å². The minimum Gasteiger partial charge on any atom is -0.397 e. The van der Waals surface area contributed by atoms with Crippen LogP contribution in [-0.4, -0.2) is 10.8 Å². The van der Waals surface area contributed by atoms with Gasteiger partial charge in [0.2, 0.25) is 5.78 Å². The number of nitrogen functional groups attached to an aromatic ring is 1. The predicted octanol–water partition coefficient (Wildman–Crippen LogP) is 3.56. The lowest BCUT2D eigenvalue weighted by Crippen LogP contribution is -2.02. The second-order valence-electron chi connectivity index (χ2n) is 4.49. The SMILES string of the molecule is Cc1ccnc2sc(C(=O)c3ccc(F)cc3)c(N)c12. The molecule has 0 spiro atoms. The number of hydrogen-bond donors (Lipinski definition) is 1. The fourth-order valence-electron chi connectivity index (χ4n) is 2.10. The van der Waals surface area contributed by atoms with Crippen LogP contribution >= 0.6 is 11.3 Å². The van der Waals surface area contributed by atoms with Gasteiger partial charge in [-0.3, -0.25) is 4.79 Å². The molecule has 0 bridgehead atoms. The molecule has 3 rings (SSSR count). The summed E-state index contributed by atoms with van der Waals surface area (Å²) < 4.78 is 12.9. The lowest BCUT2D eigenvalue weighted by Gasteiger charge is -2.00. The Kier molecular flexibility index (Phi) is 2.99. The Balaban J connectivity index is 2.15. The van der Waals surface area contributed by atoms with E-state index < -0.39 is 0 Å². The van der Waals surface area contributed by atoms with Crippen LogP contribution in [0.5, 0.6) is 0 Å². The number of aryl methyl sites for hydroxylation is 1. The van der Waals surface area contributed by atoms with Gasteiger partial charge < -0.3 is 5.73 Å². The second-order valence-corrected chi connectivity index (χ2v) is 5.49. The van der Waals surface area contributed by atoms with Gasteiger partial charge in [-0.25, -0.2) is 9.37 Å². The maximum atomic E-state index is 12.9. The van der Waals surface area contributed by atoms with Gasteiger partial charge in [0.15, 0.2) is 0 Å². The summed E-state index contributed by atoms with van der Waals surface area (Å²) in [5.74, 6) is -0.576.